The van der Waals surface area contributed by atoms with E-state index < -0.39 is 0 Å². The largest absolute Gasteiger partial charge is 0.346 e. The Morgan fingerprint density at radius 2 is 2.25 bits per heavy atom. The van der Waals surface area contributed by atoms with Gasteiger partial charge in [0.1, 0.15) is 5.82 Å². The number of H-pyrrole nitrogens is 1. The molecule has 1 aliphatic rings. The van der Waals surface area contributed by atoms with Crippen LogP contribution in [0.5, 0.6) is 0 Å². The van der Waals surface area contributed by atoms with Gasteiger partial charge in [-0.1, -0.05) is 6.07 Å². The molecule has 2 heterocycles. The van der Waals surface area contributed by atoms with E-state index >= 15 is 0 Å². The molecule has 5 heteroatoms. The Bertz CT molecular complexity index is 675. The highest BCUT2D eigenvalue weighted by Crippen LogP contribution is 2.32. The van der Waals surface area contributed by atoms with Gasteiger partial charge in [-0.05, 0) is 31.2 Å². The molecule has 1 aromatic carbocycles. The molecule has 1 aliphatic heterocycles. The van der Waals surface area contributed by atoms with Gasteiger partial charge in [0.15, 0.2) is 0 Å². The number of amides is 1. The van der Waals surface area contributed by atoms with Gasteiger partial charge in [0.2, 0.25) is 5.91 Å². The van der Waals surface area contributed by atoms with Gasteiger partial charge in [-0.25, -0.2) is 4.98 Å². The first-order valence-electron chi connectivity index (χ1n) is 6.75. The smallest absolute Gasteiger partial charge is 0.231 e. The lowest BCUT2D eigenvalue weighted by molar-refractivity contribution is -0.117. The zero-order chi connectivity index (χ0) is 14.3. The van der Waals surface area contributed by atoms with Crippen LogP contribution in [0.4, 0.5) is 5.69 Å². The standard InChI is InChI=1S/C15H18N4O/c1-9-15(18-13(17-9)5-6-16)10-3-4-12-11(7-10)8-14(20)19(12)2/h3-4,7H,5-6,8,16H2,1-2H3,(H,17,18). The lowest BCUT2D eigenvalue weighted by atomic mass is 10.1. The van der Waals surface area contributed by atoms with E-state index in [0.717, 1.165) is 40.4 Å². The topological polar surface area (TPSA) is 75.0 Å². The SMILES string of the molecule is Cc1[nH]c(CCN)nc1-c1ccc2c(c1)CC(=O)N2C. The van der Waals surface area contributed by atoms with Crippen LogP contribution >= 0.6 is 0 Å². The predicted octanol–water partition coefficient (Wildman–Crippen LogP) is 1.41. The number of aryl methyl sites for hydroxylation is 1. The number of carbonyl (C=O) groups is 1. The molecule has 5 nitrogen and oxygen atoms in total. The minimum atomic E-state index is 0.139. The summed E-state index contributed by atoms with van der Waals surface area (Å²) in [5.41, 5.74) is 10.6. The number of carbonyl (C=O) groups excluding carboxylic acids is 1. The first-order valence-corrected chi connectivity index (χ1v) is 6.75. The van der Waals surface area contributed by atoms with E-state index in [1.165, 1.54) is 0 Å². The number of rotatable bonds is 3. The third kappa shape index (κ3) is 2.00. The molecule has 0 saturated heterocycles. The monoisotopic (exact) mass is 270 g/mol. The van der Waals surface area contributed by atoms with E-state index in [2.05, 4.69) is 16.0 Å². The Hall–Kier alpha value is -2.14. The summed E-state index contributed by atoms with van der Waals surface area (Å²) < 4.78 is 0. The van der Waals surface area contributed by atoms with Crippen molar-refractivity contribution >= 4 is 11.6 Å². The van der Waals surface area contributed by atoms with E-state index in [-0.39, 0.29) is 5.91 Å². The van der Waals surface area contributed by atoms with Crippen molar-refractivity contribution in [1.82, 2.24) is 9.97 Å². The highest BCUT2D eigenvalue weighted by atomic mass is 16.2. The van der Waals surface area contributed by atoms with Gasteiger partial charge in [-0.15, -0.1) is 0 Å². The number of likely N-dealkylation sites (N-methyl/N-ethyl adjacent to an activating group) is 1. The van der Waals surface area contributed by atoms with E-state index in [1.807, 2.05) is 26.1 Å². The fraction of sp³-hybridized carbons (Fsp3) is 0.333. The van der Waals surface area contributed by atoms with Crippen LogP contribution in [0.25, 0.3) is 11.3 Å². The van der Waals surface area contributed by atoms with Crippen LogP contribution in [-0.2, 0) is 17.6 Å². The molecule has 0 aliphatic carbocycles. The van der Waals surface area contributed by atoms with Crippen LogP contribution < -0.4 is 10.6 Å². The highest BCUT2D eigenvalue weighted by Gasteiger charge is 2.24. The Balaban J connectivity index is 2.00. The number of nitrogens with zero attached hydrogens (tertiary/aromatic N) is 2. The molecule has 2 aromatic rings. The molecule has 1 amide bonds. The first kappa shape index (κ1) is 12.9. The highest BCUT2D eigenvalue weighted by molar-refractivity contribution is 6.01. The molecule has 0 saturated carbocycles. The Morgan fingerprint density at radius 1 is 1.45 bits per heavy atom. The number of benzene rings is 1. The van der Waals surface area contributed by atoms with Gasteiger partial charge in [-0.3, -0.25) is 4.79 Å². The summed E-state index contributed by atoms with van der Waals surface area (Å²) in [4.78, 5) is 21.3. The average Bonchev–Trinajstić information content (AvgIpc) is 2.91. The second-order valence-corrected chi connectivity index (χ2v) is 5.17. The van der Waals surface area contributed by atoms with Crippen LogP contribution in [0.3, 0.4) is 0 Å². The maximum absolute atomic E-state index is 11.7. The fourth-order valence-corrected chi connectivity index (χ4v) is 2.68. The van der Waals surface area contributed by atoms with Crippen molar-refractivity contribution in [3.05, 3.63) is 35.3 Å². The number of hydrogen-bond acceptors (Lipinski definition) is 3. The number of aromatic nitrogens is 2. The van der Waals surface area contributed by atoms with Gasteiger partial charge in [0.25, 0.3) is 0 Å². The molecule has 3 N–H and O–H groups in total. The summed E-state index contributed by atoms with van der Waals surface area (Å²) in [5.74, 6) is 1.05. The van der Waals surface area contributed by atoms with Crippen LogP contribution in [0.15, 0.2) is 18.2 Å². The van der Waals surface area contributed by atoms with E-state index in [4.69, 9.17) is 5.73 Å². The van der Waals surface area contributed by atoms with E-state index in [1.54, 1.807) is 4.90 Å². The second kappa shape index (κ2) is 4.76. The van der Waals surface area contributed by atoms with Gasteiger partial charge < -0.3 is 15.6 Å². The molecule has 0 fully saturated rings. The third-order valence-electron chi connectivity index (χ3n) is 3.74. The molecule has 20 heavy (non-hydrogen) atoms. The lowest BCUT2D eigenvalue weighted by Crippen LogP contribution is -2.20. The summed E-state index contributed by atoms with van der Waals surface area (Å²) in [6.45, 7) is 2.59. The average molecular weight is 270 g/mol. The van der Waals surface area contributed by atoms with Crippen molar-refractivity contribution in [3.63, 3.8) is 0 Å². The summed E-state index contributed by atoms with van der Waals surface area (Å²) >= 11 is 0. The summed E-state index contributed by atoms with van der Waals surface area (Å²) in [6.07, 6.45) is 1.21. The zero-order valence-corrected chi connectivity index (χ0v) is 11.7. The predicted molar refractivity (Wildman–Crippen MR) is 78.6 cm³/mol. The molecular formula is C15H18N4O. The molecular weight excluding hydrogens is 252 g/mol. The van der Waals surface area contributed by atoms with Gasteiger partial charge in [0, 0.05) is 30.4 Å². The van der Waals surface area contributed by atoms with Crippen molar-refractivity contribution in [3.8, 4) is 11.3 Å². The minimum Gasteiger partial charge on any atom is -0.346 e. The first-order chi connectivity index (χ1) is 9.60. The molecule has 1 aromatic heterocycles. The Labute approximate surface area is 117 Å². The summed E-state index contributed by atoms with van der Waals surface area (Å²) in [5, 5.41) is 0. The molecule has 3 rings (SSSR count). The van der Waals surface area contributed by atoms with Crippen molar-refractivity contribution in [2.24, 2.45) is 5.73 Å². The van der Waals surface area contributed by atoms with Crippen molar-refractivity contribution in [1.29, 1.82) is 0 Å². The van der Waals surface area contributed by atoms with Gasteiger partial charge in [-0.2, -0.15) is 0 Å². The summed E-state index contributed by atoms with van der Waals surface area (Å²) in [7, 11) is 1.81. The third-order valence-corrected chi connectivity index (χ3v) is 3.74. The molecule has 0 radical (unpaired) electrons. The van der Waals surface area contributed by atoms with Crippen molar-refractivity contribution in [2.75, 3.05) is 18.5 Å². The van der Waals surface area contributed by atoms with E-state index in [0.29, 0.717) is 13.0 Å². The van der Waals surface area contributed by atoms with E-state index in [9.17, 15) is 4.79 Å². The molecule has 0 unspecified atom stereocenters. The number of hydrogen-bond donors (Lipinski definition) is 2. The maximum Gasteiger partial charge on any atom is 0.231 e. The van der Waals surface area contributed by atoms with Crippen LogP contribution in [0, 0.1) is 6.92 Å². The number of nitrogens with two attached hydrogens (primary N) is 1. The van der Waals surface area contributed by atoms with Crippen LogP contribution in [-0.4, -0.2) is 29.5 Å². The summed E-state index contributed by atoms with van der Waals surface area (Å²) in [6, 6.07) is 6.07. The van der Waals surface area contributed by atoms with Crippen molar-refractivity contribution < 1.29 is 4.79 Å². The molecule has 104 valence electrons. The quantitative estimate of drug-likeness (QED) is 0.885. The normalized spacial score (nSPS) is 13.9. The van der Waals surface area contributed by atoms with Crippen molar-refractivity contribution in [2.45, 2.75) is 19.8 Å². The van der Waals surface area contributed by atoms with Gasteiger partial charge in [0.05, 0.1) is 12.1 Å². The number of imidazole rings is 1. The number of fused-ring (bicyclic) bond motifs is 1. The Kier molecular flexibility index (Phi) is 3.06. The number of aromatic amines is 1. The molecule has 0 spiro atoms. The molecule has 0 atom stereocenters. The number of anilines is 1. The second-order valence-electron chi connectivity index (χ2n) is 5.17. The van der Waals surface area contributed by atoms with Crippen LogP contribution in [0.2, 0.25) is 0 Å². The lowest BCUT2D eigenvalue weighted by Gasteiger charge is -2.10. The van der Waals surface area contributed by atoms with Crippen LogP contribution in [0.1, 0.15) is 17.1 Å². The minimum absolute atomic E-state index is 0.139. The maximum atomic E-state index is 11.7. The Morgan fingerprint density at radius 3 is 3.00 bits per heavy atom. The molecule has 0 bridgehead atoms. The number of nitrogens with one attached hydrogen (secondary N) is 1. The fourth-order valence-electron chi connectivity index (χ4n) is 2.68. The zero-order valence-electron chi connectivity index (χ0n) is 11.7. The van der Waals surface area contributed by atoms with Gasteiger partial charge >= 0.3 is 0 Å².